The van der Waals surface area contributed by atoms with E-state index in [1.165, 1.54) is 0 Å². The summed E-state index contributed by atoms with van der Waals surface area (Å²) in [6.45, 7) is 4.34. The minimum Gasteiger partial charge on any atom is -0.356 e. The fourth-order valence-corrected chi connectivity index (χ4v) is 3.66. The molecule has 7 nitrogen and oxygen atoms in total. The molecule has 2 aromatic heterocycles. The number of urea groups is 1. The average Bonchev–Trinajstić information content (AvgIpc) is 2.78. The molecule has 7 heteroatoms. The van der Waals surface area contributed by atoms with Crippen molar-refractivity contribution in [1.82, 2.24) is 25.6 Å². The Balaban J connectivity index is 1.25. The molecule has 3 heterocycles. The maximum Gasteiger partial charge on any atom is 0.315 e. The molecule has 2 N–H and O–H groups in total. The summed E-state index contributed by atoms with van der Waals surface area (Å²) >= 11 is 0. The van der Waals surface area contributed by atoms with Crippen LogP contribution in [0.4, 0.5) is 10.6 Å². The second-order valence-electron chi connectivity index (χ2n) is 7.34. The van der Waals surface area contributed by atoms with Gasteiger partial charge in [-0.25, -0.2) is 14.8 Å². The third kappa shape index (κ3) is 4.80. The normalized spacial score (nSPS) is 14.7. The SMILES string of the molecule is CCc1cc(N2CCC(NC(=O)NCc3ccc4ncccc4c3)CC2)ncn1. The molecular formula is C22H26N6O. The Hall–Kier alpha value is -3.22. The number of aromatic nitrogens is 3. The molecule has 0 bridgehead atoms. The number of nitrogens with one attached hydrogen (secondary N) is 2. The predicted octanol–water partition coefficient (Wildman–Crippen LogP) is 3.06. The molecule has 1 aliphatic heterocycles. The first-order valence-corrected chi connectivity index (χ1v) is 10.1. The van der Waals surface area contributed by atoms with Gasteiger partial charge in [-0.3, -0.25) is 4.98 Å². The van der Waals surface area contributed by atoms with Crippen LogP contribution in [0.1, 0.15) is 31.0 Å². The third-order valence-electron chi connectivity index (χ3n) is 5.35. The molecule has 0 radical (unpaired) electrons. The number of hydrogen-bond acceptors (Lipinski definition) is 5. The van der Waals surface area contributed by atoms with E-state index in [2.05, 4.69) is 49.5 Å². The van der Waals surface area contributed by atoms with Gasteiger partial charge < -0.3 is 15.5 Å². The lowest BCUT2D eigenvalue weighted by Gasteiger charge is -2.33. The van der Waals surface area contributed by atoms with Crippen molar-refractivity contribution in [3.63, 3.8) is 0 Å². The standard InChI is InChI=1S/C22H26N6O/c1-2-18-13-21(26-15-25-18)28-10-7-19(8-11-28)27-22(29)24-14-16-5-6-20-17(12-16)4-3-9-23-20/h3-6,9,12-13,15,19H,2,7-8,10-11,14H2,1H3,(H2,24,27,29). The Morgan fingerprint density at radius 1 is 1.14 bits per heavy atom. The Labute approximate surface area is 170 Å². The number of amides is 2. The molecule has 0 spiro atoms. The highest BCUT2D eigenvalue weighted by atomic mass is 16.2. The van der Waals surface area contributed by atoms with Gasteiger partial charge >= 0.3 is 6.03 Å². The number of benzene rings is 1. The molecular weight excluding hydrogens is 364 g/mol. The van der Waals surface area contributed by atoms with E-state index in [0.717, 1.165) is 60.3 Å². The molecule has 29 heavy (non-hydrogen) atoms. The highest BCUT2D eigenvalue weighted by Crippen LogP contribution is 2.18. The summed E-state index contributed by atoms with van der Waals surface area (Å²) in [4.78, 5) is 27.6. The van der Waals surface area contributed by atoms with E-state index in [4.69, 9.17) is 0 Å². The molecule has 2 amide bonds. The van der Waals surface area contributed by atoms with Crippen LogP contribution in [0.15, 0.2) is 48.9 Å². The van der Waals surface area contributed by atoms with E-state index >= 15 is 0 Å². The van der Waals surface area contributed by atoms with E-state index in [-0.39, 0.29) is 12.1 Å². The van der Waals surface area contributed by atoms with E-state index < -0.39 is 0 Å². The van der Waals surface area contributed by atoms with Gasteiger partial charge in [0, 0.05) is 49.0 Å². The van der Waals surface area contributed by atoms with Gasteiger partial charge in [0.25, 0.3) is 0 Å². The number of anilines is 1. The summed E-state index contributed by atoms with van der Waals surface area (Å²) < 4.78 is 0. The lowest BCUT2D eigenvalue weighted by molar-refractivity contribution is 0.234. The molecule has 1 aliphatic rings. The molecule has 150 valence electrons. The monoisotopic (exact) mass is 390 g/mol. The van der Waals surface area contributed by atoms with Crippen LogP contribution in [0.2, 0.25) is 0 Å². The number of piperidine rings is 1. The number of aryl methyl sites for hydroxylation is 1. The van der Waals surface area contributed by atoms with E-state index in [0.29, 0.717) is 6.54 Å². The van der Waals surface area contributed by atoms with Gasteiger partial charge in [-0.05, 0) is 43.0 Å². The van der Waals surface area contributed by atoms with Crippen LogP contribution in [0.5, 0.6) is 0 Å². The van der Waals surface area contributed by atoms with Gasteiger partial charge in [-0.15, -0.1) is 0 Å². The minimum absolute atomic E-state index is 0.120. The number of nitrogens with zero attached hydrogens (tertiary/aromatic N) is 4. The highest BCUT2D eigenvalue weighted by molar-refractivity contribution is 5.79. The fraction of sp³-hybridized carbons (Fsp3) is 0.364. The second-order valence-corrected chi connectivity index (χ2v) is 7.34. The van der Waals surface area contributed by atoms with Gasteiger partial charge in [0.05, 0.1) is 5.52 Å². The van der Waals surface area contributed by atoms with Crippen LogP contribution in [0.25, 0.3) is 10.9 Å². The summed E-state index contributed by atoms with van der Waals surface area (Å²) in [7, 11) is 0. The van der Waals surface area contributed by atoms with Crippen LogP contribution >= 0.6 is 0 Å². The van der Waals surface area contributed by atoms with Crippen molar-refractivity contribution >= 4 is 22.8 Å². The fourth-order valence-electron chi connectivity index (χ4n) is 3.66. The smallest absolute Gasteiger partial charge is 0.315 e. The molecule has 0 saturated carbocycles. The van der Waals surface area contributed by atoms with Gasteiger partial charge in [0.15, 0.2) is 0 Å². The zero-order valence-electron chi connectivity index (χ0n) is 16.6. The Bertz CT molecular complexity index is 984. The lowest BCUT2D eigenvalue weighted by Crippen LogP contribution is -2.48. The van der Waals surface area contributed by atoms with Crippen molar-refractivity contribution in [2.75, 3.05) is 18.0 Å². The summed E-state index contributed by atoms with van der Waals surface area (Å²) in [6.07, 6.45) is 6.13. The Morgan fingerprint density at radius 3 is 2.83 bits per heavy atom. The molecule has 0 unspecified atom stereocenters. The number of fused-ring (bicyclic) bond motifs is 1. The number of pyridine rings is 1. The first-order chi connectivity index (χ1) is 14.2. The van der Waals surface area contributed by atoms with Crippen molar-refractivity contribution in [2.24, 2.45) is 0 Å². The Kier molecular flexibility index (Phi) is 5.84. The summed E-state index contributed by atoms with van der Waals surface area (Å²) in [5, 5.41) is 7.14. The van der Waals surface area contributed by atoms with Crippen molar-refractivity contribution in [3.8, 4) is 0 Å². The second kappa shape index (κ2) is 8.86. The topological polar surface area (TPSA) is 83.0 Å². The molecule has 0 atom stereocenters. The largest absolute Gasteiger partial charge is 0.356 e. The first-order valence-electron chi connectivity index (χ1n) is 10.1. The number of carbonyl (C=O) groups excluding carboxylic acids is 1. The van der Waals surface area contributed by atoms with Crippen LogP contribution in [0, 0.1) is 0 Å². The quantitative estimate of drug-likeness (QED) is 0.700. The lowest BCUT2D eigenvalue weighted by atomic mass is 10.1. The molecule has 0 aliphatic carbocycles. The van der Waals surface area contributed by atoms with E-state index in [9.17, 15) is 4.79 Å². The van der Waals surface area contributed by atoms with Crippen LogP contribution in [-0.2, 0) is 13.0 Å². The first kappa shape index (κ1) is 19.1. The van der Waals surface area contributed by atoms with Gasteiger partial charge in [0.1, 0.15) is 12.1 Å². The van der Waals surface area contributed by atoms with Gasteiger partial charge in [-0.1, -0.05) is 19.1 Å². The van der Waals surface area contributed by atoms with Crippen molar-refractivity contribution < 1.29 is 4.79 Å². The number of hydrogen-bond donors (Lipinski definition) is 2. The molecule has 4 rings (SSSR count). The van der Waals surface area contributed by atoms with E-state index in [1.807, 2.05) is 24.3 Å². The van der Waals surface area contributed by atoms with Gasteiger partial charge in [-0.2, -0.15) is 0 Å². The zero-order chi connectivity index (χ0) is 20.1. The maximum atomic E-state index is 12.3. The highest BCUT2D eigenvalue weighted by Gasteiger charge is 2.21. The average molecular weight is 390 g/mol. The van der Waals surface area contributed by atoms with Crippen LogP contribution in [-0.4, -0.2) is 40.1 Å². The predicted molar refractivity (Wildman–Crippen MR) is 114 cm³/mol. The van der Waals surface area contributed by atoms with Gasteiger partial charge in [0.2, 0.25) is 0 Å². The van der Waals surface area contributed by atoms with Crippen molar-refractivity contribution in [2.45, 2.75) is 38.8 Å². The molecule has 1 fully saturated rings. The number of rotatable bonds is 5. The number of carbonyl (C=O) groups is 1. The zero-order valence-corrected chi connectivity index (χ0v) is 16.6. The van der Waals surface area contributed by atoms with Crippen molar-refractivity contribution in [3.05, 3.63) is 60.2 Å². The molecule has 1 aromatic carbocycles. The van der Waals surface area contributed by atoms with Crippen LogP contribution < -0.4 is 15.5 Å². The van der Waals surface area contributed by atoms with Crippen molar-refractivity contribution in [1.29, 1.82) is 0 Å². The van der Waals surface area contributed by atoms with Crippen LogP contribution in [0.3, 0.4) is 0 Å². The Morgan fingerprint density at radius 2 is 2.00 bits per heavy atom. The minimum atomic E-state index is -0.120. The summed E-state index contributed by atoms with van der Waals surface area (Å²) in [5.74, 6) is 0.977. The third-order valence-corrected chi connectivity index (χ3v) is 5.35. The molecule has 1 saturated heterocycles. The maximum absolute atomic E-state index is 12.3. The van der Waals surface area contributed by atoms with E-state index in [1.54, 1.807) is 12.5 Å². The summed E-state index contributed by atoms with van der Waals surface area (Å²) in [6, 6.07) is 12.1. The molecule has 3 aromatic rings. The summed E-state index contributed by atoms with van der Waals surface area (Å²) in [5.41, 5.74) is 3.08.